The Hall–Kier alpha value is -3.36. The number of ketones is 1. The lowest BCUT2D eigenvalue weighted by molar-refractivity contribution is -0.140. The minimum absolute atomic E-state index is 0.0325. The van der Waals surface area contributed by atoms with Crippen LogP contribution in [-0.4, -0.2) is 77.2 Å². The number of morpholine rings is 1. The molecule has 0 aromatic heterocycles. The fourth-order valence-corrected chi connectivity index (χ4v) is 5.17. The molecule has 3 heterocycles. The van der Waals surface area contributed by atoms with E-state index in [9.17, 15) is 19.8 Å². The number of aliphatic hydroxyl groups is 1. The van der Waals surface area contributed by atoms with Gasteiger partial charge in [0.15, 0.2) is 0 Å². The number of phenols is 1. The highest BCUT2D eigenvalue weighted by molar-refractivity contribution is 6.46. The van der Waals surface area contributed by atoms with Gasteiger partial charge in [-0.1, -0.05) is 12.1 Å². The number of amides is 1. The van der Waals surface area contributed by atoms with E-state index in [0.717, 1.165) is 30.9 Å². The third kappa shape index (κ3) is 4.63. The van der Waals surface area contributed by atoms with Crippen molar-refractivity contribution < 1.29 is 29.3 Å². The fraction of sp³-hybridized carbons (Fsp3) is 0.407. The molecule has 3 aliphatic heterocycles. The number of carbonyl (C=O) groups is 2. The van der Waals surface area contributed by atoms with Crippen LogP contribution in [0.3, 0.4) is 0 Å². The van der Waals surface area contributed by atoms with Crippen LogP contribution in [0.5, 0.6) is 11.5 Å². The van der Waals surface area contributed by atoms with Crippen LogP contribution in [0.15, 0.2) is 48.0 Å². The Balaban J connectivity index is 1.48. The van der Waals surface area contributed by atoms with Gasteiger partial charge in [-0.3, -0.25) is 14.5 Å². The number of hydrogen-bond donors (Lipinski definition) is 2. The Morgan fingerprint density at radius 3 is 2.66 bits per heavy atom. The molecule has 2 N–H and O–H groups in total. The Morgan fingerprint density at radius 1 is 1.09 bits per heavy atom. The topological polar surface area (TPSA) is 99.5 Å². The molecule has 8 heteroatoms. The SMILES string of the molecule is C[C@@H]1Cc2cc(/C(O)=C3\C(=O)C(=O)N(CCCN4CCOCC4)[C@H]3c3cccc(O)c3)ccc2O1. The second-order valence-corrected chi connectivity index (χ2v) is 9.35. The van der Waals surface area contributed by atoms with E-state index in [2.05, 4.69) is 4.90 Å². The second-order valence-electron chi connectivity index (χ2n) is 9.35. The number of carbonyl (C=O) groups excluding carboxylic acids is 2. The number of hydrogen-bond acceptors (Lipinski definition) is 7. The van der Waals surface area contributed by atoms with E-state index in [0.29, 0.717) is 43.7 Å². The van der Waals surface area contributed by atoms with Crippen molar-refractivity contribution in [1.29, 1.82) is 0 Å². The van der Waals surface area contributed by atoms with Crippen LogP contribution >= 0.6 is 0 Å². The molecule has 8 nitrogen and oxygen atoms in total. The van der Waals surface area contributed by atoms with Gasteiger partial charge in [0.2, 0.25) is 0 Å². The van der Waals surface area contributed by atoms with Gasteiger partial charge < -0.3 is 24.6 Å². The van der Waals surface area contributed by atoms with E-state index in [1.165, 1.54) is 17.0 Å². The first-order chi connectivity index (χ1) is 16.9. The predicted octanol–water partition coefficient (Wildman–Crippen LogP) is 2.86. The molecule has 0 unspecified atom stereocenters. The summed E-state index contributed by atoms with van der Waals surface area (Å²) in [6.45, 7) is 6.18. The number of ether oxygens (including phenoxy) is 2. The first-order valence-electron chi connectivity index (χ1n) is 12.1. The van der Waals surface area contributed by atoms with Crippen LogP contribution in [0, 0.1) is 0 Å². The highest BCUT2D eigenvalue weighted by Gasteiger charge is 2.46. The van der Waals surface area contributed by atoms with E-state index < -0.39 is 17.7 Å². The van der Waals surface area contributed by atoms with Crippen molar-refractivity contribution in [1.82, 2.24) is 9.80 Å². The number of nitrogens with zero attached hydrogens (tertiary/aromatic N) is 2. The van der Waals surface area contributed by atoms with E-state index in [-0.39, 0.29) is 23.2 Å². The van der Waals surface area contributed by atoms with Crippen LogP contribution in [0.25, 0.3) is 5.76 Å². The molecule has 2 aromatic carbocycles. The van der Waals surface area contributed by atoms with Gasteiger partial charge in [0.25, 0.3) is 11.7 Å². The lowest BCUT2D eigenvalue weighted by atomic mass is 9.94. The summed E-state index contributed by atoms with van der Waals surface area (Å²) in [5.74, 6) is -0.769. The zero-order valence-corrected chi connectivity index (χ0v) is 19.8. The average Bonchev–Trinajstić information content (AvgIpc) is 3.35. The largest absolute Gasteiger partial charge is 0.508 e. The summed E-state index contributed by atoms with van der Waals surface area (Å²) in [6, 6.07) is 11.0. The van der Waals surface area contributed by atoms with Gasteiger partial charge in [-0.05, 0) is 54.8 Å². The molecule has 0 radical (unpaired) electrons. The Labute approximate surface area is 204 Å². The fourth-order valence-electron chi connectivity index (χ4n) is 5.17. The molecule has 5 rings (SSSR count). The third-order valence-electron chi connectivity index (χ3n) is 6.87. The summed E-state index contributed by atoms with van der Waals surface area (Å²) in [6.07, 6.45) is 1.44. The molecular weight excluding hydrogens is 448 g/mol. The minimum Gasteiger partial charge on any atom is -0.508 e. The van der Waals surface area contributed by atoms with E-state index in [4.69, 9.17) is 9.47 Å². The Morgan fingerprint density at radius 2 is 1.89 bits per heavy atom. The monoisotopic (exact) mass is 478 g/mol. The minimum atomic E-state index is -0.782. The summed E-state index contributed by atoms with van der Waals surface area (Å²) >= 11 is 0. The molecule has 2 aromatic rings. The average molecular weight is 479 g/mol. The number of benzene rings is 2. The summed E-state index contributed by atoms with van der Waals surface area (Å²) in [5, 5.41) is 21.4. The summed E-state index contributed by atoms with van der Waals surface area (Å²) in [4.78, 5) is 30.2. The smallest absolute Gasteiger partial charge is 0.295 e. The van der Waals surface area contributed by atoms with Gasteiger partial charge in [-0.2, -0.15) is 0 Å². The third-order valence-corrected chi connectivity index (χ3v) is 6.87. The number of Topliss-reactive ketones (excluding diaryl/α,β-unsaturated/α-hetero) is 1. The summed E-state index contributed by atoms with van der Waals surface area (Å²) in [5.41, 5.74) is 2.04. The molecule has 2 saturated heterocycles. The number of likely N-dealkylation sites (tertiary alicyclic amines) is 1. The van der Waals surface area contributed by atoms with Crippen molar-refractivity contribution in [2.45, 2.75) is 31.9 Å². The van der Waals surface area contributed by atoms with Crippen molar-refractivity contribution >= 4 is 17.4 Å². The van der Waals surface area contributed by atoms with E-state index in [1.807, 2.05) is 13.0 Å². The molecular formula is C27H30N2O6. The number of aromatic hydroxyl groups is 1. The van der Waals surface area contributed by atoms with Crippen LogP contribution in [-0.2, 0) is 20.7 Å². The Kier molecular flexibility index (Phi) is 6.49. The molecule has 1 amide bonds. The molecule has 184 valence electrons. The standard InChI is InChI=1S/C27H30N2O6/c1-17-14-20-15-19(6-7-22(20)35-17)25(31)23-24(18-4-2-5-21(30)16-18)29(27(33)26(23)32)9-3-8-28-10-12-34-13-11-28/h2,4-7,15-17,24,30-31H,3,8-14H2,1H3/b25-23+/t17-,24+/m1/s1. The van der Waals surface area contributed by atoms with Crippen molar-refractivity contribution in [3.63, 3.8) is 0 Å². The normalized spacial score (nSPS) is 24.0. The first-order valence-corrected chi connectivity index (χ1v) is 12.1. The van der Waals surface area contributed by atoms with Gasteiger partial charge in [0, 0.05) is 38.2 Å². The maximum Gasteiger partial charge on any atom is 0.295 e. The molecule has 0 bridgehead atoms. The summed E-state index contributed by atoms with van der Waals surface area (Å²) < 4.78 is 11.2. The quantitative estimate of drug-likeness (QED) is 0.374. The van der Waals surface area contributed by atoms with Gasteiger partial charge in [-0.15, -0.1) is 0 Å². The first kappa shape index (κ1) is 23.4. The van der Waals surface area contributed by atoms with Gasteiger partial charge >= 0.3 is 0 Å². The van der Waals surface area contributed by atoms with Crippen molar-refractivity contribution in [3.05, 3.63) is 64.7 Å². The summed E-state index contributed by atoms with van der Waals surface area (Å²) in [7, 11) is 0. The molecule has 2 fully saturated rings. The van der Waals surface area contributed by atoms with Gasteiger partial charge in [-0.25, -0.2) is 0 Å². The maximum atomic E-state index is 13.2. The lowest BCUT2D eigenvalue weighted by Gasteiger charge is -2.29. The van der Waals surface area contributed by atoms with Gasteiger partial charge in [0.05, 0.1) is 24.8 Å². The van der Waals surface area contributed by atoms with Crippen LogP contribution < -0.4 is 4.74 Å². The van der Waals surface area contributed by atoms with Crippen LogP contribution in [0.1, 0.15) is 36.1 Å². The van der Waals surface area contributed by atoms with Crippen molar-refractivity contribution in [2.24, 2.45) is 0 Å². The number of rotatable bonds is 6. The second kappa shape index (κ2) is 9.71. The molecule has 0 spiro atoms. The van der Waals surface area contributed by atoms with Gasteiger partial charge in [0.1, 0.15) is 23.4 Å². The van der Waals surface area contributed by atoms with Crippen molar-refractivity contribution in [2.75, 3.05) is 39.4 Å². The maximum absolute atomic E-state index is 13.2. The number of fused-ring (bicyclic) bond motifs is 1. The number of aliphatic hydroxyl groups excluding tert-OH is 1. The zero-order chi connectivity index (χ0) is 24.5. The Bertz CT molecular complexity index is 1170. The predicted molar refractivity (Wildman–Crippen MR) is 129 cm³/mol. The molecule has 0 aliphatic carbocycles. The number of phenolic OH excluding ortho intramolecular Hbond substituents is 1. The molecule has 35 heavy (non-hydrogen) atoms. The molecule has 3 aliphatic rings. The van der Waals surface area contributed by atoms with Crippen LogP contribution in [0.2, 0.25) is 0 Å². The van der Waals surface area contributed by atoms with E-state index >= 15 is 0 Å². The van der Waals surface area contributed by atoms with Crippen LogP contribution in [0.4, 0.5) is 0 Å². The van der Waals surface area contributed by atoms with E-state index in [1.54, 1.807) is 24.3 Å². The molecule has 0 saturated carbocycles. The van der Waals surface area contributed by atoms with Crippen molar-refractivity contribution in [3.8, 4) is 11.5 Å². The molecule has 2 atom stereocenters. The zero-order valence-electron chi connectivity index (χ0n) is 19.8. The highest BCUT2D eigenvalue weighted by atomic mass is 16.5. The lowest BCUT2D eigenvalue weighted by Crippen LogP contribution is -2.38. The highest BCUT2D eigenvalue weighted by Crippen LogP contribution is 2.41.